The Labute approximate surface area is 105 Å². The van der Waals surface area contributed by atoms with Crippen molar-refractivity contribution in [3.05, 3.63) is 29.8 Å². The second-order valence-corrected chi connectivity index (χ2v) is 4.13. The van der Waals surface area contributed by atoms with Gasteiger partial charge in [0.1, 0.15) is 5.75 Å². The fourth-order valence-corrected chi connectivity index (χ4v) is 1.53. The smallest absolute Gasteiger partial charge is 0.426 e. The first-order chi connectivity index (χ1) is 8.47. The van der Waals surface area contributed by atoms with Crippen molar-refractivity contribution >= 4 is 0 Å². The predicted octanol–water partition coefficient (Wildman–Crippen LogP) is 3.30. The Bertz CT molecular complexity index is 348. The molecule has 0 amide bonds. The van der Waals surface area contributed by atoms with Crippen LogP contribution in [0.3, 0.4) is 0 Å². The predicted molar refractivity (Wildman–Crippen MR) is 64.6 cm³/mol. The van der Waals surface area contributed by atoms with Gasteiger partial charge in [-0.25, -0.2) is 0 Å². The van der Waals surface area contributed by atoms with Gasteiger partial charge in [-0.05, 0) is 30.5 Å². The van der Waals surface area contributed by atoms with Crippen molar-refractivity contribution in [1.29, 1.82) is 0 Å². The van der Waals surface area contributed by atoms with Gasteiger partial charge in [0, 0.05) is 6.54 Å². The van der Waals surface area contributed by atoms with Crippen molar-refractivity contribution in [2.45, 2.75) is 38.5 Å². The average molecular weight is 261 g/mol. The zero-order chi connectivity index (χ0) is 13.6. The van der Waals surface area contributed by atoms with E-state index in [2.05, 4.69) is 6.92 Å². The summed E-state index contributed by atoms with van der Waals surface area (Å²) in [7, 11) is 0. The van der Waals surface area contributed by atoms with Crippen molar-refractivity contribution in [2.75, 3.05) is 6.54 Å². The summed E-state index contributed by atoms with van der Waals surface area (Å²) < 4.78 is 42.2. The second kappa shape index (κ2) is 6.64. The van der Waals surface area contributed by atoms with E-state index in [4.69, 9.17) is 10.5 Å². The van der Waals surface area contributed by atoms with Gasteiger partial charge in [0.2, 0.25) is 6.10 Å². The molecular formula is C13H18F3NO. The van der Waals surface area contributed by atoms with Crippen LogP contribution in [0.25, 0.3) is 0 Å². The molecule has 2 N–H and O–H groups in total. The molecule has 0 heterocycles. The van der Waals surface area contributed by atoms with E-state index in [-0.39, 0.29) is 5.75 Å². The zero-order valence-electron chi connectivity index (χ0n) is 10.3. The number of hydrogen-bond donors (Lipinski definition) is 1. The molecule has 0 bridgehead atoms. The highest BCUT2D eigenvalue weighted by Crippen LogP contribution is 2.25. The fourth-order valence-electron chi connectivity index (χ4n) is 1.53. The van der Waals surface area contributed by atoms with Crippen LogP contribution in [0.1, 0.15) is 25.3 Å². The molecule has 0 aromatic heterocycles. The minimum absolute atomic E-state index is 0.197. The van der Waals surface area contributed by atoms with Gasteiger partial charge in [-0.2, -0.15) is 13.2 Å². The Kier molecular flexibility index (Phi) is 5.47. The highest BCUT2D eigenvalue weighted by atomic mass is 19.4. The Balaban J connectivity index is 2.62. The molecule has 18 heavy (non-hydrogen) atoms. The molecule has 0 aliphatic rings. The van der Waals surface area contributed by atoms with Crippen molar-refractivity contribution < 1.29 is 17.9 Å². The van der Waals surface area contributed by atoms with Crippen molar-refractivity contribution in [3.8, 4) is 5.75 Å². The molecule has 0 radical (unpaired) electrons. The Morgan fingerprint density at radius 1 is 1.22 bits per heavy atom. The summed E-state index contributed by atoms with van der Waals surface area (Å²) in [6.07, 6.45) is -3.30. The van der Waals surface area contributed by atoms with Gasteiger partial charge in [-0.15, -0.1) is 0 Å². The first-order valence-corrected chi connectivity index (χ1v) is 5.99. The zero-order valence-corrected chi connectivity index (χ0v) is 10.3. The molecule has 0 aliphatic heterocycles. The van der Waals surface area contributed by atoms with E-state index in [9.17, 15) is 13.2 Å². The molecule has 0 saturated carbocycles. The maximum atomic E-state index is 12.4. The van der Waals surface area contributed by atoms with Crippen LogP contribution in [-0.2, 0) is 6.42 Å². The van der Waals surface area contributed by atoms with Gasteiger partial charge in [-0.3, -0.25) is 0 Å². The summed E-state index contributed by atoms with van der Waals surface area (Å²) in [5.74, 6) is 0.197. The molecule has 5 heteroatoms. The van der Waals surface area contributed by atoms with Crippen molar-refractivity contribution in [1.82, 2.24) is 0 Å². The molecule has 1 unspecified atom stereocenters. The highest BCUT2D eigenvalue weighted by Gasteiger charge is 2.40. The molecule has 0 saturated heterocycles. The van der Waals surface area contributed by atoms with Crippen LogP contribution in [0, 0.1) is 0 Å². The van der Waals surface area contributed by atoms with Gasteiger partial charge in [-0.1, -0.05) is 25.5 Å². The minimum atomic E-state index is -4.43. The first kappa shape index (κ1) is 14.8. The van der Waals surface area contributed by atoms with Gasteiger partial charge >= 0.3 is 6.18 Å². The van der Waals surface area contributed by atoms with E-state index in [1.807, 2.05) is 0 Å². The number of aryl methyl sites for hydroxylation is 1. The number of hydrogen-bond acceptors (Lipinski definition) is 2. The van der Waals surface area contributed by atoms with E-state index in [1.54, 1.807) is 24.3 Å². The summed E-state index contributed by atoms with van der Waals surface area (Å²) in [6.45, 7) is 1.51. The van der Waals surface area contributed by atoms with Gasteiger partial charge in [0.15, 0.2) is 0 Å². The Morgan fingerprint density at radius 2 is 1.83 bits per heavy atom. The van der Waals surface area contributed by atoms with Crippen molar-refractivity contribution in [3.63, 3.8) is 0 Å². The lowest BCUT2D eigenvalue weighted by Gasteiger charge is -2.20. The van der Waals surface area contributed by atoms with Crippen LogP contribution in [-0.4, -0.2) is 18.8 Å². The average Bonchev–Trinajstić information content (AvgIpc) is 2.33. The third kappa shape index (κ3) is 4.56. The number of unbranched alkanes of at least 4 members (excludes halogenated alkanes) is 1. The van der Waals surface area contributed by atoms with E-state index in [0.717, 1.165) is 24.8 Å². The van der Waals surface area contributed by atoms with E-state index in [1.165, 1.54) is 0 Å². The summed E-state index contributed by atoms with van der Waals surface area (Å²) in [4.78, 5) is 0. The number of nitrogens with two attached hydrogens (primary N) is 1. The Hall–Kier alpha value is -1.23. The number of halogens is 3. The molecule has 0 aliphatic carbocycles. The number of rotatable bonds is 6. The minimum Gasteiger partial charge on any atom is -0.480 e. The molecule has 1 atom stereocenters. The van der Waals surface area contributed by atoms with Crippen LogP contribution in [0.15, 0.2) is 24.3 Å². The molecule has 102 valence electrons. The number of alkyl halides is 3. The number of benzene rings is 1. The molecule has 1 aromatic rings. The third-order valence-corrected chi connectivity index (χ3v) is 2.60. The number of ether oxygens (including phenoxy) is 1. The summed E-state index contributed by atoms with van der Waals surface area (Å²) in [5.41, 5.74) is 6.16. The van der Waals surface area contributed by atoms with Gasteiger partial charge in [0.05, 0.1) is 0 Å². The summed E-state index contributed by atoms with van der Waals surface area (Å²) in [5, 5.41) is 0. The standard InChI is InChI=1S/C13H18F3NO/c1-2-3-4-10-5-7-11(8-6-10)18-12(9-17)13(14,15)16/h5-8,12H,2-4,9,17H2,1H3. The van der Waals surface area contributed by atoms with E-state index < -0.39 is 18.8 Å². The first-order valence-electron chi connectivity index (χ1n) is 5.99. The largest absolute Gasteiger partial charge is 0.480 e. The lowest BCUT2D eigenvalue weighted by molar-refractivity contribution is -0.191. The monoisotopic (exact) mass is 261 g/mol. The topological polar surface area (TPSA) is 35.2 Å². The van der Waals surface area contributed by atoms with Crippen LogP contribution < -0.4 is 10.5 Å². The van der Waals surface area contributed by atoms with Gasteiger partial charge in [0.25, 0.3) is 0 Å². The molecular weight excluding hydrogens is 243 g/mol. The van der Waals surface area contributed by atoms with E-state index in [0.29, 0.717) is 0 Å². The maximum absolute atomic E-state index is 12.4. The van der Waals surface area contributed by atoms with Crippen LogP contribution in [0.2, 0.25) is 0 Å². The molecule has 1 rings (SSSR count). The van der Waals surface area contributed by atoms with Crippen LogP contribution in [0.4, 0.5) is 13.2 Å². The summed E-state index contributed by atoms with van der Waals surface area (Å²) >= 11 is 0. The third-order valence-electron chi connectivity index (χ3n) is 2.60. The summed E-state index contributed by atoms with van der Waals surface area (Å²) in [6, 6.07) is 6.68. The SMILES string of the molecule is CCCCc1ccc(OC(CN)C(F)(F)F)cc1. The van der Waals surface area contributed by atoms with Crippen LogP contribution in [0.5, 0.6) is 5.75 Å². The van der Waals surface area contributed by atoms with Crippen molar-refractivity contribution in [2.24, 2.45) is 5.73 Å². The second-order valence-electron chi connectivity index (χ2n) is 4.13. The molecule has 0 fully saturated rings. The highest BCUT2D eigenvalue weighted by molar-refractivity contribution is 5.27. The van der Waals surface area contributed by atoms with Gasteiger partial charge < -0.3 is 10.5 Å². The molecule has 1 aromatic carbocycles. The quantitative estimate of drug-likeness (QED) is 0.852. The maximum Gasteiger partial charge on any atom is 0.426 e. The normalized spacial score (nSPS) is 13.4. The van der Waals surface area contributed by atoms with Crippen LogP contribution >= 0.6 is 0 Å². The Morgan fingerprint density at radius 3 is 2.28 bits per heavy atom. The van der Waals surface area contributed by atoms with E-state index >= 15 is 0 Å². The molecule has 2 nitrogen and oxygen atoms in total. The lowest BCUT2D eigenvalue weighted by Crippen LogP contribution is -2.40. The fraction of sp³-hybridized carbons (Fsp3) is 0.538. The lowest BCUT2D eigenvalue weighted by atomic mass is 10.1. The molecule has 0 spiro atoms.